The standard InChI is InChI=1S/C11H8ClIN2O2S/c12-6-3-1-2-4-7(6)15-9(11(16)17)10-14-5-8(13)18-10/h1-5,9,15H,(H,16,17). The van der Waals surface area contributed by atoms with Crippen molar-refractivity contribution in [2.24, 2.45) is 0 Å². The van der Waals surface area contributed by atoms with Gasteiger partial charge in [0.15, 0.2) is 6.04 Å². The van der Waals surface area contributed by atoms with E-state index in [1.165, 1.54) is 11.3 Å². The third kappa shape index (κ3) is 3.12. The minimum atomic E-state index is -0.985. The molecule has 1 atom stereocenters. The van der Waals surface area contributed by atoms with Crippen LogP contribution < -0.4 is 5.32 Å². The highest BCUT2D eigenvalue weighted by molar-refractivity contribution is 14.1. The first-order chi connectivity index (χ1) is 8.58. The smallest absolute Gasteiger partial charge is 0.333 e. The van der Waals surface area contributed by atoms with Crippen LogP contribution in [-0.2, 0) is 4.79 Å². The van der Waals surface area contributed by atoms with E-state index in [2.05, 4.69) is 32.9 Å². The average molecular weight is 395 g/mol. The molecule has 7 heteroatoms. The molecule has 0 fully saturated rings. The third-order valence-corrected chi connectivity index (χ3v) is 4.28. The molecule has 0 radical (unpaired) electrons. The quantitative estimate of drug-likeness (QED) is 0.777. The molecule has 94 valence electrons. The van der Waals surface area contributed by atoms with E-state index in [0.717, 1.165) is 2.88 Å². The predicted molar refractivity (Wildman–Crippen MR) is 80.3 cm³/mol. The molecule has 0 amide bonds. The lowest BCUT2D eigenvalue weighted by atomic mass is 10.2. The number of carboxylic acids is 1. The van der Waals surface area contributed by atoms with E-state index in [9.17, 15) is 9.90 Å². The maximum Gasteiger partial charge on any atom is 0.333 e. The molecular weight excluding hydrogens is 387 g/mol. The topological polar surface area (TPSA) is 62.2 Å². The summed E-state index contributed by atoms with van der Waals surface area (Å²) < 4.78 is 0.940. The summed E-state index contributed by atoms with van der Waals surface area (Å²) in [6.07, 6.45) is 1.64. The van der Waals surface area contributed by atoms with Crippen molar-refractivity contribution in [3.8, 4) is 0 Å². The summed E-state index contributed by atoms with van der Waals surface area (Å²) in [6.45, 7) is 0. The van der Waals surface area contributed by atoms with E-state index < -0.39 is 12.0 Å². The number of carboxylic acid groups (broad SMARTS) is 1. The molecule has 1 aromatic heterocycles. The Morgan fingerprint density at radius 1 is 1.50 bits per heavy atom. The van der Waals surface area contributed by atoms with E-state index in [1.54, 1.807) is 30.5 Å². The Kier molecular flexibility index (Phi) is 4.41. The van der Waals surface area contributed by atoms with Crippen LogP contribution in [0.5, 0.6) is 0 Å². The van der Waals surface area contributed by atoms with Gasteiger partial charge in [0, 0.05) is 0 Å². The summed E-state index contributed by atoms with van der Waals surface area (Å²) >= 11 is 9.43. The van der Waals surface area contributed by atoms with Crippen LogP contribution in [0.3, 0.4) is 0 Å². The fourth-order valence-electron chi connectivity index (χ4n) is 1.36. The molecule has 1 heterocycles. The van der Waals surface area contributed by atoms with Gasteiger partial charge in [0.1, 0.15) is 5.01 Å². The second kappa shape index (κ2) is 5.85. The number of para-hydroxylation sites is 1. The summed E-state index contributed by atoms with van der Waals surface area (Å²) in [5.41, 5.74) is 0.580. The van der Waals surface area contributed by atoms with Crippen molar-refractivity contribution >= 4 is 57.2 Å². The molecule has 1 aromatic carbocycles. The number of nitrogens with zero attached hydrogens (tertiary/aromatic N) is 1. The van der Waals surface area contributed by atoms with Crippen molar-refractivity contribution in [3.05, 3.63) is 43.4 Å². The first-order valence-electron chi connectivity index (χ1n) is 4.93. The van der Waals surface area contributed by atoms with Crippen LogP contribution in [-0.4, -0.2) is 16.1 Å². The summed E-state index contributed by atoms with van der Waals surface area (Å²) in [6, 6.07) is 6.12. The molecular formula is C11H8ClIN2O2S. The fraction of sp³-hybridized carbons (Fsp3) is 0.0909. The van der Waals surface area contributed by atoms with Crippen molar-refractivity contribution < 1.29 is 9.90 Å². The number of hydrogen-bond acceptors (Lipinski definition) is 4. The van der Waals surface area contributed by atoms with Gasteiger partial charge >= 0.3 is 5.97 Å². The lowest BCUT2D eigenvalue weighted by molar-refractivity contribution is -0.138. The average Bonchev–Trinajstić information content (AvgIpc) is 2.74. The van der Waals surface area contributed by atoms with Crippen LogP contribution in [0.1, 0.15) is 11.0 Å². The molecule has 1 unspecified atom stereocenters. The molecule has 18 heavy (non-hydrogen) atoms. The maximum atomic E-state index is 11.3. The Morgan fingerprint density at radius 2 is 2.22 bits per heavy atom. The number of aliphatic carboxylic acids is 1. The lowest BCUT2D eigenvalue weighted by Gasteiger charge is -2.14. The number of rotatable bonds is 4. The van der Waals surface area contributed by atoms with Crippen LogP contribution in [0.15, 0.2) is 30.5 Å². The van der Waals surface area contributed by atoms with E-state index in [-0.39, 0.29) is 0 Å². The number of anilines is 1. The first-order valence-corrected chi connectivity index (χ1v) is 7.20. The third-order valence-electron chi connectivity index (χ3n) is 2.16. The largest absolute Gasteiger partial charge is 0.479 e. The number of thiazole rings is 1. The molecule has 2 aromatic rings. The zero-order valence-corrected chi connectivity index (χ0v) is 12.7. The van der Waals surface area contributed by atoms with E-state index in [0.29, 0.717) is 15.7 Å². The SMILES string of the molecule is O=C(O)C(Nc1ccccc1Cl)c1ncc(I)s1. The number of halogens is 2. The van der Waals surface area contributed by atoms with Gasteiger partial charge in [-0.05, 0) is 34.7 Å². The highest BCUT2D eigenvalue weighted by atomic mass is 127. The van der Waals surface area contributed by atoms with Gasteiger partial charge in [0.25, 0.3) is 0 Å². The Bertz CT molecular complexity index is 576. The Morgan fingerprint density at radius 3 is 2.78 bits per heavy atom. The van der Waals surface area contributed by atoms with Crippen LogP contribution in [0.25, 0.3) is 0 Å². The van der Waals surface area contributed by atoms with Gasteiger partial charge in [0.2, 0.25) is 0 Å². The monoisotopic (exact) mass is 394 g/mol. The zero-order chi connectivity index (χ0) is 13.1. The van der Waals surface area contributed by atoms with Crippen molar-refractivity contribution in [1.29, 1.82) is 0 Å². The van der Waals surface area contributed by atoms with Crippen molar-refractivity contribution in [2.45, 2.75) is 6.04 Å². The number of aromatic nitrogens is 1. The van der Waals surface area contributed by atoms with Crippen LogP contribution in [0.2, 0.25) is 5.02 Å². The summed E-state index contributed by atoms with van der Waals surface area (Å²) in [5.74, 6) is -0.985. The van der Waals surface area contributed by atoms with Crippen LogP contribution in [0.4, 0.5) is 5.69 Å². The first kappa shape index (κ1) is 13.6. The summed E-state index contributed by atoms with van der Waals surface area (Å²) in [5, 5.41) is 13.1. The summed E-state index contributed by atoms with van der Waals surface area (Å²) in [4.78, 5) is 15.4. The van der Waals surface area contributed by atoms with Gasteiger partial charge in [-0.25, -0.2) is 9.78 Å². The van der Waals surface area contributed by atoms with Gasteiger partial charge in [-0.2, -0.15) is 0 Å². The van der Waals surface area contributed by atoms with Gasteiger partial charge in [-0.15, -0.1) is 11.3 Å². The molecule has 0 aliphatic rings. The summed E-state index contributed by atoms with van der Waals surface area (Å²) in [7, 11) is 0. The van der Waals surface area contributed by atoms with Crippen molar-refractivity contribution in [3.63, 3.8) is 0 Å². The Labute approximate surface area is 126 Å². The number of carbonyl (C=O) groups is 1. The molecule has 0 aliphatic carbocycles. The normalized spacial score (nSPS) is 12.1. The predicted octanol–water partition coefficient (Wildman–Crippen LogP) is 3.64. The number of benzene rings is 1. The maximum absolute atomic E-state index is 11.3. The minimum absolute atomic E-state index is 0.481. The fourth-order valence-corrected chi connectivity index (χ4v) is 3.06. The Hall–Kier alpha value is -0.860. The van der Waals surface area contributed by atoms with Gasteiger partial charge in [-0.3, -0.25) is 0 Å². The highest BCUT2D eigenvalue weighted by Crippen LogP contribution is 2.28. The number of nitrogens with one attached hydrogen (secondary N) is 1. The van der Waals surface area contributed by atoms with Gasteiger partial charge < -0.3 is 10.4 Å². The molecule has 0 saturated carbocycles. The van der Waals surface area contributed by atoms with Gasteiger partial charge in [0.05, 0.1) is 19.8 Å². The molecule has 0 aliphatic heterocycles. The van der Waals surface area contributed by atoms with E-state index in [1.807, 2.05) is 0 Å². The van der Waals surface area contributed by atoms with Crippen molar-refractivity contribution in [2.75, 3.05) is 5.32 Å². The highest BCUT2D eigenvalue weighted by Gasteiger charge is 2.23. The van der Waals surface area contributed by atoms with Crippen molar-refractivity contribution in [1.82, 2.24) is 4.98 Å². The van der Waals surface area contributed by atoms with Crippen LogP contribution in [0, 0.1) is 2.88 Å². The second-order valence-electron chi connectivity index (χ2n) is 3.40. The van der Waals surface area contributed by atoms with E-state index in [4.69, 9.17) is 11.6 Å². The zero-order valence-electron chi connectivity index (χ0n) is 8.93. The van der Waals surface area contributed by atoms with E-state index >= 15 is 0 Å². The minimum Gasteiger partial charge on any atom is -0.479 e. The number of hydrogen-bond donors (Lipinski definition) is 2. The molecule has 0 spiro atoms. The molecule has 4 nitrogen and oxygen atoms in total. The molecule has 2 N–H and O–H groups in total. The Balaban J connectivity index is 2.28. The van der Waals surface area contributed by atoms with Crippen LogP contribution >= 0.6 is 45.5 Å². The molecule has 0 bridgehead atoms. The second-order valence-corrected chi connectivity index (χ2v) is 6.76. The molecule has 2 rings (SSSR count). The molecule has 0 saturated heterocycles. The van der Waals surface area contributed by atoms with Gasteiger partial charge in [-0.1, -0.05) is 23.7 Å². The lowest BCUT2D eigenvalue weighted by Crippen LogP contribution is -2.20.